The highest BCUT2D eigenvalue weighted by molar-refractivity contribution is 7.25. The van der Waals surface area contributed by atoms with Crippen molar-refractivity contribution in [1.82, 2.24) is 9.88 Å². The standard InChI is InChI=1S/C39H29N3S/c1-40-39(41-25-26-10-3-2-4-11-26)29-12-9-13-30(22-29)42-35-16-7-5-14-31(35)33-23-27(18-20-36(33)42)28-19-21-38-34(24-28)32-15-6-8-17-37(32)43-38/h2-25,39-40H,1H3/b41-25+. The fraction of sp³-hybridized carbons (Fsp3) is 0.0513. The number of thiophene rings is 1. The minimum absolute atomic E-state index is 0.150. The number of benzene rings is 6. The highest BCUT2D eigenvalue weighted by Crippen LogP contribution is 2.39. The molecule has 1 unspecified atom stereocenters. The predicted octanol–water partition coefficient (Wildman–Crippen LogP) is 10.2. The van der Waals surface area contributed by atoms with Crippen molar-refractivity contribution in [2.75, 3.05) is 7.05 Å². The largest absolute Gasteiger partial charge is 0.309 e. The third kappa shape index (κ3) is 4.52. The fourth-order valence-corrected chi connectivity index (χ4v) is 7.28. The Labute approximate surface area is 254 Å². The molecule has 3 nitrogen and oxygen atoms in total. The zero-order valence-corrected chi connectivity index (χ0v) is 24.6. The lowest BCUT2D eigenvalue weighted by Gasteiger charge is -2.15. The molecule has 206 valence electrons. The van der Waals surface area contributed by atoms with Gasteiger partial charge in [0.05, 0.1) is 11.0 Å². The molecule has 1 atom stereocenters. The SMILES string of the molecule is CNC(/N=C/c1ccccc1)c1cccc(-n2c3ccccc3c3cc(-c4ccc5sc6ccccc6c5c4)ccc32)c1. The maximum atomic E-state index is 4.87. The van der Waals surface area contributed by atoms with Crippen molar-refractivity contribution in [3.63, 3.8) is 0 Å². The summed E-state index contributed by atoms with van der Waals surface area (Å²) in [5.41, 5.74) is 8.18. The topological polar surface area (TPSA) is 29.3 Å². The van der Waals surface area contributed by atoms with Crippen molar-refractivity contribution in [3.05, 3.63) is 151 Å². The number of rotatable bonds is 6. The summed E-state index contributed by atoms with van der Waals surface area (Å²) < 4.78 is 5.04. The van der Waals surface area contributed by atoms with Gasteiger partial charge in [-0.15, -0.1) is 11.3 Å². The van der Waals surface area contributed by atoms with Gasteiger partial charge in [-0.05, 0) is 77.8 Å². The average Bonchev–Trinajstić information content (AvgIpc) is 3.61. The van der Waals surface area contributed by atoms with Crippen LogP contribution in [0.15, 0.2) is 145 Å². The molecule has 0 bridgehead atoms. The second-order valence-corrected chi connectivity index (χ2v) is 12.0. The van der Waals surface area contributed by atoms with Gasteiger partial charge in [-0.1, -0.05) is 91.0 Å². The number of hydrogen-bond donors (Lipinski definition) is 1. The quantitative estimate of drug-likeness (QED) is 0.198. The molecule has 4 heteroatoms. The van der Waals surface area contributed by atoms with Crippen molar-refractivity contribution in [2.24, 2.45) is 4.99 Å². The first kappa shape index (κ1) is 25.7. The van der Waals surface area contributed by atoms with Gasteiger partial charge in [-0.3, -0.25) is 10.3 Å². The third-order valence-corrected chi connectivity index (χ3v) is 9.42. The van der Waals surface area contributed by atoms with Crippen LogP contribution in [0, 0.1) is 0 Å². The number of aliphatic imine (C=N–C) groups is 1. The first-order chi connectivity index (χ1) is 21.3. The van der Waals surface area contributed by atoms with E-state index in [2.05, 4.69) is 131 Å². The second kappa shape index (κ2) is 10.7. The molecule has 6 aromatic carbocycles. The van der Waals surface area contributed by atoms with Gasteiger partial charge in [-0.25, -0.2) is 0 Å². The summed E-state index contributed by atoms with van der Waals surface area (Å²) in [6.45, 7) is 0. The number of hydrogen-bond acceptors (Lipinski definition) is 3. The van der Waals surface area contributed by atoms with Gasteiger partial charge in [0.15, 0.2) is 0 Å². The Morgan fingerprint density at radius 1 is 0.605 bits per heavy atom. The Morgan fingerprint density at radius 3 is 2.16 bits per heavy atom. The highest BCUT2D eigenvalue weighted by atomic mass is 32.1. The summed E-state index contributed by atoms with van der Waals surface area (Å²) in [6.07, 6.45) is 1.79. The van der Waals surface area contributed by atoms with Gasteiger partial charge >= 0.3 is 0 Å². The Morgan fingerprint density at radius 2 is 1.30 bits per heavy atom. The summed E-state index contributed by atoms with van der Waals surface area (Å²) in [6, 6.07) is 50.1. The first-order valence-electron chi connectivity index (χ1n) is 14.6. The number of fused-ring (bicyclic) bond motifs is 6. The normalized spacial score (nSPS) is 12.7. The van der Waals surface area contributed by atoms with E-state index in [1.54, 1.807) is 0 Å². The number of nitrogens with zero attached hydrogens (tertiary/aromatic N) is 2. The van der Waals surface area contributed by atoms with E-state index in [9.17, 15) is 0 Å². The molecule has 0 aliphatic carbocycles. The summed E-state index contributed by atoms with van der Waals surface area (Å²) in [4.78, 5) is 4.87. The molecule has 0 saturated heterocycles. The lowest BCUT2D eigenvalue weighted by atomic mass is 10.0. The summed E-state index contributed by atoms with van der Waals surface area (Å²) in [5, 5.41) is 8.53. The van der Waals surface area contributed by atoms with Crippen LogP contribution in [-0.4, -0.2) is 17.8 Å². The molecular weight excluding hydrogens is 543 g/mol. The number of aromatic nitrogens is 1. The average molecular weight is 572 g/mol. The van der Waals surface area contributed by atoms with Crippen LogP contribution in [0.2, 0.25) is 0 Å². The van der Waals surface area contributed by atoms with Crippen LogP contribution in [0.4, 0.5) is 0 Å². The van der Waals surface area contributed by atoms with Crippen LogP contribution in [-0.2, 0) is 0 Å². The molecule has 8 aromatic rings. The van der Waals surface area contributed by atoms with Crippen LogP contribution < -0.4 is 5.32 Å². The molecule has 0 aliphatic heterocycles. The molecular formula is C39H29N3S. The molecule has 0 aliphatic rings. The summed E-state index contributed by atoms with van der Waals surface area (Å²) >= 11 is 1.86. The van der Waals surface area contributed by atoms with E-state index in [1.165, 1.54) is 53.1 Å². The minimum atomic E-state index is -0.150. The fourth-order valence-electron chi connectivity index (χ4n) is 6.20. The minimum Gasteiger partial charge on any atom is -0.309 e. The van der Waals surface area contributed by atoms with E-state index < -0.39 is 0 Å². The van der Waals surface area contributed by atoms with Gasteiger partial charge in [0.25, 0.3) is 0 Å². The van der Waals surface area contributed by atoms with Crippen LogP contribution >= 0.6 is 11.3 Å². The van der Waals surface area contributed by atoms with Gasteiger partial charge in [0, 0.05) is 42.8 Å². The summed E-state index contributed by atoms with van der Waals surface area (Å²) in [7, 11) is 1.96. The van der Waals surface area contributed by atoms with Crippen molar-refractivity contribution >= 4 is 59.5 Å². The third-order valence-electron chi connectivity index (χ3n) is 8.27. The van der Waals surface area contributed by atoms with E-state index in [-0.39, 0.29) is 6.17 Å². The van der Waals surface area contributed by atoms with E-state index in [1.807, 2.05) is 42.8 Å². The first-order valence-corrected chi connectivity index (χ1v) is 15.4. The maximum Gasteiger partial charge on any atom is 0.125 e. The molecule has 0 saturated carbocycles. The monoisotopic (exact) mass is 571 g/mol. The van der Waals surface area contributed by atoms with Crippen LogP contribution in [0.1, 0.15) is 17.3 Å². The highest BCUT2D eigenvalue weighted by Gasteiger charge is 2.15. The zero-order chi connectivity index (χ0) is 28.8. The number of nitrogens with one attached hydrogen (secondary N) is 1. The molecule has 8 rings (SSSR count). The molecule has 2 heterocycles. The molecule has 43 heavy (non-hydrogen) atoms. The summed E-state index contributed by atoms with van der Waals surface area (Å²) in [5.74, 6) is 0. The van der Waals surface area contributed by atoms with E-state index in [4.69, 9.17) is 4.99 Å². The Hall–Kier alpha value is -5.03. The second-order valence-electron chi connectivity index (χ2n) is 10.9. The zero-order valence-electron chi connectivity index (χ0n) is 23.7. The van der Waals surface area contributed by atoms with Gasteiger partial charge in [0.1, 0.15) is 6.17 Å². The van der Waals surface area contributed by atoms with Gasteiger partial charge < -0.3 is 4.57 Å². The van der Waals surface area contributed by atoms with E-state index in [0.717, 1.165) is 16.8 Å². The predicted molar refractivity (Wildman–Crippen MR) is 185 cm³/mol. The van der Waals surface area contributed by atoms with Gasteiger partial charge in [0.2, 0.25) is 0 Å². The van der Waals surface area contributed by atoms with Crippen molar-refractivity contribution < 1.29 is 0 Å². The van der Waals surface area contributed by atoms with Crippen LogP contribution in [0.25, 0.3) is 58.8 Å². The molecule has 1 N–H and O–H groups in total. The Balaban J connectivity index is 1.24. The lowest BCUT2D eigenvalue weighted by Crippen LogP contribution is -2.14. The molecule has 0 radical (unpaired) electrons. The van der Waals surface area contributed by atoms with Crippen LogP contribution in [0.5, 0.6) is 0 Å². The van der Waals surface area contributed by atoms with Crippen molar-refractivity contribution in [1.29, 1.82) is 0 Å². The van der Waals surface area contributed by atoms with E-state index in [0.29, 0.717) is 0 Å². The van der Waals surface area contributed by atoms with Crippen molar-refractivity contribution in [3.8, 4) is 16.8 Å². The molecule has 2 aromatic heterocycles. The van der Waals surface area contributed by atoms with E-state index >= 15 is 0 Å². The lowest BCUT2D eigenvalue weighted by molar-refractivity contribution is 0.627. The smallest absolute Gasteiger partial charge is 0.125 e. The van der Waals surface area contributed by atoms with Gasteiger partial charge in [-0.2, -0.15) is 0 Å². The Kier molecular flexibility index (Phi) is 6.36. The molecule has 0 fully saturated rings. The molecule has 0 spiro atoms. The molecule has 0 amide bonds. The van der Waals surface area contributed by atoms with Crippen molar-refractivity contribution in [2.45, 2.75) is 6.17 Å². The maximum absolute atomic E-state index is 4.87. The Bertz CT molecular complexity index is 2290. The number of para-hydroxylation sites is 1. The van der Waals surface area contributed by atoms with Crippen LogP contribution in [0.3, 0.4) is 0 Å².